The molecule has 3 heterocycles. The summed E-state index contributed by atoms with van der Waals surface area (Å²) in [5, 5.41) is 3.12. The van der Waals surface area contributed by atoms with Crippen LogP contribution < -0.4 is 16.6 Å². The van der Waals surface area contributed by atoms with E-state index in [-0.39, 0.29) is 28.7 Å². The molecule has 3 aromatic heterocycles. The average molecular weight is 342 g/mol. The van der Waals surface area contributed by atoms with Crippen LogP contribution in [0, 0.1) is 0 Å². The monoisotopic (exact) mass is 342 g/mol. The van der Waals surface area contributed by atoms with Gasteiger partial charge in [-0.2, -0.15) is 0 Å². The van der Waals surface area contributed by atoms with E-state index < -0.39 is 11.2 Å². The Labute approximate surface area is 142 Å². The Morgan fingerprint density at radius 3 is 2.68 bits per heavy atom. The third kappa shape index (κ3) is 3.08. The summed E-state index contributed by atoms with van der Waals surface area (Å²) in [4.78, 5) is 44.7. The molecule has 0 fully saturated rings. The number of aryl methyl sites for hydroxylation is 1. The van der Waals surface area contributed by atoms with Crippen LogP contribution in [0.4, 0.5) is 0 Å². The molecule has 1 N–H and O–H groups in total. The summed E-state index contributed by atoms with van der Waals surface area (Å²) >= 11 is 0. The summed E-state index contributed by atoms with van der Waals surface area (Å²) in [6, 6.07) is 2.85. The number of nitrogens with zero attached hydrogens (tertiary/aromatic N) is 5. The van der Waals surface area contributed by atoms with Gasteiger partial charge in [-0.1, -0.05) is 0 Å². The normalized spacial score (nSPS) is 12.3. The van der Waals surface area contributed by atoms with E-state index in [0.29, 0.717) is 6.54 Å². The van der Waals surface area contributed by atoms with Gasteiger partial charge in [0.05, 0.1) is 11.7 Å². The number of amides is 1. The second-order valence-electron chi connectivity index (χ2n) is 5.91. The quantitative estimate of drug-likeness (QED) is 0.698. The first-order chi connectivity index (χ1) is 11.9. The predicted molar refractivity (Wildman–Crippen MR) is 91.4 cm³/mol. The van der Waals surface area contributed by atoms with Gasteiger partial charge < -0.3 is 9.88 Å². The lowest BCUT2D eigenvalue weighted by Gasteiger charge is -2.14. The highest BCUT2D eigenvalue weighted by molar-refractivity contribution is 5.94. The first kappa shape index (κ1) is 16.6. The van der Waals surface area contributed by atoms with Crippen LogP contribution in [-0.4, -0.2) is 35.6 Å². The van der Waals surface area contributed by atoms with Gasteiger partial charge in [-0.15, -0.1) is 0 Å². The minimum absolute atomic E-state index is 0.147. The molecule has 1 amide bonds. The SMILES string of the molecule is C[C@H](Cn1ccnc1)NC(=O)c1ccc2c(=O)n(C)c(=O)n(C)c2n1. The van der Waals surface area contributed by atoms with E-state index in [4.69, 9.17) is 0 Å². The molecule has 0 saturated heterocycles. The van der Waals surface area contributed by atoms with Gasteiger partial charge in [0, 0.05) is 39.1 Å². The molecule has 0 aromatic carbocycles. The van der Waals surface area contributed by atoms with Gasteiger partial charge in [0.15, 0.2) is 0 Å². The Morgan fingerprint density at radius 2 is 2.00 bits per heavy atom. The number of pyridine rings is 1. The van der Waals surface area contributed by atoms with Crippen LogP contribution in [0.5, 0.6) is 0 Å². The lowest BCUT2D eigenvalue weighted by atomic mass is 10.2. The number of fused-ring (bicyclic) bond motifs is 1. The number of hydrogen-bond donors (Lipinski definition) is 1. The summed E-state index contributed by atoms with van der Waals surface area (Å²) in [5.74, 6) is -0.373. The zero-order chi connectivity index (χ0) is 18.1. The molecule has 130 valence electrons. The fraction of sp³-hybridized carbons (Fsp3) is 0.312. The maximum absolute atomic E-state index is 12.4. The van der Waals surface area contributed by atoms with Crippen molar-refractivity contribution in [3.8, 4) is 0 Å². The van der Waals surface area contributed by atoms with Crippen LogP contribution in [-0.2, 0) is 20.6 Å². The van der Waals surface area contributed by atoms with Gasteiger partial charge >= 0.3 is 5.69 Å². The predicted octanol–water partition coefficient (Wildman–Crippen LogP) is -0.353. The molecule has 9 heteroatoms. The van der Waals surface area contributed by atoms with Gasteiger partial charge in [-0.3, -0.25) is 18.7 Å². The molecule has 0 aliphatic rings. The molecule has 0 aliphatic heterocycles. The summed E-state index contributed by atoms with van der Waals surface area (Å²) in [6.07, 6.45) is 5.14. The smallest absolute Gasteiger partial charge is 0.332 e. The van der Waals surface area contributed by atoms with Crippen molar-refractivity contribution in [1.82, 2.24) is 29.0 Å². The first-order valence-electron chi connectivity index (χ1n) is 7.72. The standard InChI is InChI=1S/C16H18N6O3/c1-10(8-22-7-6-17-9-22)18-14(23)12-5-4-11-13(19-12)20(2)16(25)21(3)15(11)24/h4-7,9-10H,8H2,1-3H3,(H,18,23)/t10-/m1/s1. The summed E-state index contributed by atoms with van der Waals surface area (Å²) in [7, 11) is 2.92. The van der Waals surface area contributed by atoms with Crippen molar-refractivity contribution >= 4 is 16.9 Å². The largest absolute Gasteiger partial charge is 0.346 e. The van der Waals surface area contributed by atoms with Crippen molar-refractivity contribution in [1.29, 1.82) is 0 Å². The maximum Gasteiger partial charge on any atom is 0.332 e. The summed E-state index contributed by atoms with van der Waals surface area (Å²) in [5.41, 5.74) is -0.599. The lowest BCUT2D eigenvalue weighted by Crippen LogP contribution is -2.38. The van der Waals surface area contributed by atoms with Crippen molar-refractivity contribution < 1.29 is 4.79 Å². The fourth-order valence-corrected chi connectivity index (χ4v) is 2.63. The van der Waals surface area contributed by atoms with Crippen molar-refractivity contribution in [2.24, 2.45) is 14.1 Å². The summed E-state index contributed by atoms with van der Waals surface area (Å²) < 4.78 is 4.12. The number of imidazole rings is 1. The summed E-state index contributed by atoms with van der Waals surface area (Å²) in [6.45, 7) is 2.43. The number of hydrogen-bond acceptors (Lipinski definition) is 5. The van der Waals surface area contributed by atoms with Crippen LogP contribution in [0.1, 0.15) is 17.4 Å². The van der Waals surface area contributed by atoms with Crippen LogP contribution in [0.3, 0.4) is 0 Å². The highest BCUT2D eigenvalue weighted by atomic mass is 16.2. The zero-order valence-corrected chi connectivity index (χ0v) is 14.1. The number of aromatic nitrogens is 5. The van der Waals surface area contributed by atoms with E-state index in [1.165, 1.54) is 30.8 Å². The Hall–Kier alpha value is -3.23. The number of rotatable bonds is 4. The molecular weight excluding hydrogens is 324 g/mol. The van der Waals surface area contributed by atoms with Gasteiger partial charge in [-0.05, 0) is 19.1 Å². The number of nitrogens with one attached hydrogen (secondary N) is 1. The molecule has 3 rings (SSSR count). The van der Waals surface area contributed by atoms with E-state index in [2.05, 4.69) is 15.3 Å². The molecule has 0 bridgehead atoms. The second-order valence-corrected chi connectivity index (χ2v) is 5.91. The maximum atomic E-state index is 12.4. The molecule has 0 radical (unpaired) electrons. The first-order valence-corrected chi connectivity index (χ1v) is 7.72. The fourth-order valence-electron chi connectivity index (χ4n) is 2.63. The number of carbonyl (C=O) groups excluding carboxylic acids is 1. The minimum Gasteiger partial charge on any atom is -0.346 e. The van der Waals surface area contributed by atoms with Gasteiger partial charge in [0.25, 0.3) is 11.5 Å². The highest BCUT2D eigenvalue weighted by Crippen LogP contribution is 2.06. The molecular formula is C16H18N6O3. The van der Waals surface area contributed by atoms with Crippen LogP contribution in [0.25, 0.3) is 11.0 Å². The minimum atomic E-state index is -0.490. The lowest BCUT2D eigenvalue weighted by molar-refractivity contribution is 0.0932. The highest BCUT2D eigenvalue weighted by Gasteiger charge is 2.15. The van der Waals surface area contributed by atoms with E-state index in [1.807, 2.05) is 17.7 Å². The van der Waals surface area contributed by atoms with E-state index >= 15 is 0 Å². The third-order valence-electron chi connectivity index (χ3n) is 3.96. The third-order valence-corrected chi connectivity index (χ3v) is 3.96. The Kier molecular flexibility index (Phi) is 4.22. The topological polar surface area (TPSA) is 104 Å². The molecule has 9 nitrogen and oxygen atoms in total. The molecule has 3 aromatic rings. The van der Waals surface area contributed by atoms with Gasteiger partial charge in [0.2, 0.25) is 0 Å². The zero-order valence-electron chi connectivity index (χ0n) is 14.1. The average Bonchev–Trinajstić information content (AvgIpc) is 3.10. The molecule has 1 atom stereocenters. The van der Waals surface area contributed by atoms with Crippen molar-refractivity contribution in [2.75, 3.05) is 0 Å². The number of carbonyl (C=O) groups is 1. The van der Waals surface area contributed by atoms with E-state index in [9.17, 15) is 14.4 Å². The van der Waals surface area contributed by atoms with Gasteiger partial charge in [-0.25, -0.2) is 14.8 Å². The van der Waals surface area contributed by atoms with Crippen molar-refractivity contribution in [2.45, 2.75) is 19.5 Å². The second kappa shape index (κ2) is 6.34. The Bertz CT molecular complexity index is 1050. The Balaban J connectivity index is 1.90. The Morgan fingerprint density at radius 1 is 1.24 bits per heavy atom. The molecule has 0 spiro atoms. The van der Waals surface area contributed by atoms with Crippen LogP contribution in [0.15, 0.2) is 40.4 Å². The molecule has 25 heavy (non-hydrogen) atoms. The molecule has 0 unspecified atom stereocenters. The van der Waals surface area contributed by atoms with Crippen molar-refractivity contribution in [3.05, 3.63) is 57.4 Å². The van der Waals surface area contributed by atoms with E-state index in [1.54, 1.807) is 12.5 Å². The van der Waals surface area contributed by atoms with Crippen molar-refractivity contribution in [3.63, 3.8) is 0 Å². The van der Waals surface area contributed by atoms with Gasteiger partial charge in [0.1, 0.15) is 11.3 Å². The van der Waals surface area contributed by atoms with Crippen LogP contribution >= 0.6 is 0 Å². The molecule has 0 saturated carbocycles. The molecule has 0 aliphatic carbocycles. The van der Waals surface area contributed by atoms with E-state index in [0.717, 1.165) is 4.57 Å². The van der Waals surface area contributed by atoms with Crippen LogP contribution in [0.2, 0.25) is 0 Å².